The van der Waals surface area contributed by atoms with Crippen LogP contribution in [-0.2, 0) is 16.1 Å². The highest BCUT2D eigenvalue weighted by Crippen LogP contribution is 2.17. The lowest BCUT2D eigenvalue weighted by atomic mass is 10.0. The lowest BCUT2D eigenvalue weighted by Crippen LogP contribution is -2.06. The van der Waals surface area contributed by atoms with Crippen LogP contribution in [0, 0.1) is 23.7 Å². The minimum atomic E-state index is -0.437. The van der Waals surface area contributed by atoms with E-state index in [1.54, 1.807) is 6.92 Å². The molecule has 0 fully saturated rings. The highest BCUT2D eigenvalue weighted by Gasteiger charge is 2.08. The SMILES string of the molecule is C=C(C)C(=O)OCc1cc(C#Cc2ccc(OCCCCCC)cc2)ccc1C#Cc1ccc(OCCCCCC)cc1. The maximum Gasteiger partial charge on any atom is 0.333 e. The molecule has 0 bridgehead atoms. The second kappa shape index (κ2) is 18.9. The van der Waals surface area contributed by atoms with Crippen LogP contribution in [0.5, 0.6) is 11.5 Å². The molecular weight excluding hydrogens is 532 g/mol. The second-order valence-corrected chi connectivity index (χ2v) is 10.6. The first kappa shape index (κ1) is 33.1. The van der Waals surface area contributed by atoms with Gasteiger partial charge in [-0.15, -0.1) is 0 Å². The third-order valence-corrected chi connectivity index (χ3v) is 6.75. The van der Waals surface area contributed by atoms with Crippen molar-refractivity contribution in [3.63, 3.8) is 0 Å². The zero-order valence-corrected chi connectivity index (χ0v) is 26.0. The van der Waals surface area contributed by atoms with Crippen LogP contribution < -0.4 is 9.47 Å². The third kappa shape index (κ3) is 12.6. The topological polar surface area (TPSA) is 44.8 Å². The fraction of sp³-hybridized carbons (Fsp3) is 0.359. The van der Waals surface area contributed by atoms with Gasteiger partial charge in [-0.05, 0) is 86.5 Å². The number of unbranched alkanes of at least 4 members (excludes halogenated alkanes) is 6. The molecule has 0 saturated carbocycles. The van der Waals surface area contributed by atoms with Crippen LogP contribution in [0.4, 0.5) is 0 Å². The predicted octanol–water partition coefficient (Wildman–Crippen LogP) is 9.02. The van der Waals surface area contributed by atoms with Gasteiger partial charge in [-0.25, -0.2) is 4.79 Å². The molecule has 3 rings (SSSR count). The first-order valence-corrected chi connectivity index (χ1v) is 15.4. The molecule has 0 aliphatic rings. The summed E-state index contributed by atoms with van der Waals surface area (Å²) in [5, 5.41) is 0. The summed E-state index contributed by atoms with van der Waals surface area (Å²) in [5.41, 5.74) is 4.49. The molecule has 3 aromatic rings. The molecule has 0 aromatic heterocycles. The van der Waals surface area contributed by atoms with Crippen molar-refractivity contribution in [2.75, 3.05) is 13.2 Å². The summed E-state index contributed by atoms with van der Waals surface area (Å²) in [6.45, 7) is 11.3. The standard InChI is InChI=1S/C39H44O4/c1-5-7-9-11-27-41-37-23-17-32(18-24-37)13-14-34-16-22-35(36(29-34)30-43-39(40)31(3)4)21-15-33-19-25-38(26-20-33)42-28-12-10-8-6-2/h16-20,22-26,29H,3,5-12,27-28,30H2,1-2,4H3. The van der Waals surface area contributed by atoms with E-state index < -0.39 is 5.97 Å². The zero-order chi connectivity index (χ0) is 30.7. The fourth-order valence-corrected chi connectivity index (χ4v) is 4.17. The van der Waals surface area contributed by atoms with Crippen molar-refractivity contribution in [2.45, 2.75) is 78.7 Å². The van der Waals surface area contributed by atoms with Gasteiger partial charge in [0.15, 0.2) is 0 Å². The molecule has 224 valence electrons. The van der Waals surface area contributed by atoms with Gasteiger partial charge in [0, 0.05) is 33.4 Å². The van der Waals surface area contributed by atoms with Crippen molar-refractivity contribution in [3.8, 4) is 35.2 Å². The van der Waals surface area contributed by atoms with Gasteiger partial charge < -0.3 is 14.2 Å². The normalized spacial score (nSPS) is 10.1. The van der Waals surface area contributed by atoms with Crippen molar-refractivity contribution in [1.29, 1.82) is 0 Å². The summed E-state index contributed by atoms with van der Waals surface area (Å²) < 4.78 is 17.1. The number of rotatable bonds is 15. The molecule has 4 nitrogen and oxygen atoms in total. The highest BCUT2D eigenvalue weighted by atomic mass is 16.5. The summed E-state index contributed by atoms with van der Waals surface area (Å²) in [4.78, 5) is 12.1. The Kier molecular flexibility index (Phi) is 14.6. The Labute approximate surface area is 258 Å². The average molecular weight is 577 g/mol. The first-order chi connectivity index (χ1) is 21.0. The van der Waals surface area contributed by atoms with Gasteiger partial charge in [0.1, 0.15) is 18.1 Å². The van der Waals surface area contributed by atoms with Crippen molar-refractivity contribution >= 4 is 5.97 Å². The van der Waals surface area contributed by atoms with E-state index in [4.69, 9.17) is 14.2 Å². The van der Waals surface area contributed by atoms with Gasteiger partial charge in [-0.1, -0.05) is 82.6 Å². The number of carbonyl (C=O) groups excluding carboxylic acids is 1. The molecule has 0 unspecified atom stereocenters. The number of benzene rings is 3. The van der Waals surface area contributed by atoms with E-state index in [-0.39, 0.29) is 6.61 Å². The van der Waals surface area contributed by atoms with E-state index in [0.29, 0.717) is 5.57 Å². The highest BCUT2D eigenvalue weighted by molar-refractivity contribution is 5.86. The van der Waals surface area contributed by atoms with Crippen LogP contribution in [0.25, 0.3) is 0 Å². The number of ether oxygens (including phenoxy) is 3. The van der Waals surface area contributed by atoms with Gasteiger partial charge in [0.05, 0.1) is 13.2 Å². The molecule has 0 N–H and O–H groups in total. The minimum Gasteiger partial charge on any atom is -0.494 e. The summed E-state index contributed by atoms with van der Waals surface area (Å²) in [6.07, 6.45) is 9.43. The number of hydrogen-bond acceptors (Lipinski definition) is 4. The number of esters is 1. The predicted molar refractivity (Wildman–Crippen MR) is 175 cm³/mol. The smallest absolute Gasteiger partial charge is 0.333 e. The maximum atomic E-state index is 12.1. The van der Waals surface area contributed by atoms with E-state index in [1.165, 1.54) is 38.5 Å². The van der Waals surface area contributed by atoms with Gasteiger partial charge in [0.2, 0.25) is 0 Å². The molecule has 3 aromatic carbocycles. The van der Waals surface area contributed by atoms with Crippen LogP contribution in [0.1, 0.15) is 100.0 Å². The van der Waals surface area contributed by atoms with Gasteiger partial charge in [-0.2, -0.15) is 0 Å². The Hall–Kier alpha value is -4.41. The Morgan fingerprint density at radius 2 is 1.14 bits per heavy atom. The van der Waals surface area contributed by atoms with Gasteiger partial charge in [0.25, 0.3) is 0 Å². The van der Waals surface area contributed by atoms with Crippen LogP contribution >= 0.6 is 0 Å². The minimum absolute atomic E-state index is 0.0837. The quantitative estimate of drug-likeness (QED) is 0.0784. The summed E-state index contributed by atoms with van der Waals surface area (Å²) in [6, 6.07) is 21.4. The third-order valence-electron chi connectivity index (χ3n) is 6.75. The maximum absolute atomic E-state index is 12.1. The van der Waals surface area contributed by atoms with E-state index in [0.717, 1.165) is 65.4 Å². The van der Waals surface area contributed by atoms with Crippen LogP contribution in [-0.4, -0.2) is 19.2 Å². The Morgan fingerprint density at radius 3 is 1.65 bits per heavy atom. The molecule has 0 aliphatic carbocycles. The van der Waals surface area contributed by atoms with E-state index in [2.05, 4.69) is 44.1 Å². The molecule has 0 aliphatic heterocycles. The van der Waals surface area contributed by atoms with Crippen molar-refractivity contribution in [2.24, 2.45) is 0 Å². The van der Waals surface area contributed by atoms with Crippen molar-refractivity contribution < 1.29 is 19.0 Å². The van der Waals surface area contributed by atoms with E-state index in [1.807, 2.05) is 66.7 Å². The molecule has 0 spiro atoms. The summed E-state index contributed by atoms with van der Waals surface area (Å²) in [7, 11) is 0. The van der Waals surface area contributed by atoms with Crippen LogP contribution in [0.2, 0.25) is 0 Å². The molecule has 4 heteroatoms. The van der Waals surface area contributed by atoms with Crippen molar-refractivity contribution in [3.05, 3.63) is 107 Å². The second-order valence-electron chi connectivity index (χ2n) is 10.6. The Morgan fingerprint density at radius 1 is 0.651 bits per heavy atom. The summed E-state index contributed by atoms with van der Waals surface area (Å²) in [5.74, 6) is 14.2. The molecule has 0 heterocycles. The van der Waals surface area contributed by atoms with Crippen LogP contribution in [0.15, 0.2) is 78.9 Å². The zero-order valence-electron chi connectivity index (χ0n) is 26.0. The molecule has 0 atom stereocenters. The Balaban J connectivity index is 1.69. The molecule has 0 saturated heterocycles. The van der Waals surface area contributed by atoms with Crippen molar-refractivity contribution in [1.82, 2.24) is 0 Å². The number of hydrogen-bond donors (Lipinski definition) is 0. The monoisotopic (exact) mass is 576 g/mol. The fourth-order valence-electron chi connectivity index (χ4n) is 4.17. The summed E-state index contributed by atoms with van der Waals surface area (Å²) >= 11 is 0. The van der Waals surface area contributed by atoms with E-state index >= 15 is 0 Å². The lowest BCUT2D eigenvalue weighted by molar-refractivity contribution is -0.140. The molecule has 43 heavy (non-hydrogen) atoms. The number of carbonyl (C=O) groups is 1. The molecule has 0 amide bonds. The lowest BCUT2D eigenvalue weighted by Gasteiger charge is -2.08. The first-order valence-electron chi connectivity index (χ1n) is 15.4. The average Bonchev–Trinajstić information content (AvgIpc) is 3.03. The van der Waals surface area contributed by atoms with Crippen LogP contribution in [0.3, 0.4) is 0 Å². The molecular formula is C39H44O4. The Bertz CT molecular complexity index is 1430. The van der Waals surface area contributed by atoms with Gasteiger partial charge >= 0.3 is 5.97 Å². The molecule has 0 radical (unpaired) electrons. The van der Waals surface area contributed by atoms with Gasteiger partial charge in [-0.3, -0.25) is 0 Å². The van der Waals surface area contributed by atoms with E-state index in [9.17, 15) is 4.79 Å². The largest absolute Gasteiger partial charge is 0.494 e.